The second-order valence-electron chi connectivity index (χ2n) is 8.36. The van der Waals surface area contributed by atoms with Gasteiger partial charge in [-0.1, -0.05) is 139 Å². The number of esters is 2. The first-order chi connectivity index (χ1) is 16.1. The van der Waals surface area contributed by atoms with Crippen molar-refractivity contribution in [2.45, 2.75) is 103 Å². The molecule has 34 heavy (non-hydrogen) atoms. The van der Waals surface area contributed by atoms with Crippen LogP contribution in [0.1, 0.15) is 109 Å². The summed E-state index contributed by atoms with van der Waals surface area (Å²) in [6.07, 6.45) is 27.5. The average molecular weight is 473 g/mol. The minimum absolute atomic E-state index is 0. The fourth-order valence-corrected chi connectivity index (χ4v) is 3.38. The molecule has 1 aromatic rings. The monoisotopic (exact) mass is 472 g/mol. The van der Waals surface area contributed by atoms with Crippen LogP contribution in [0.15, 0.2) is 61.7 Å². The molecule has 2 rings (SSSR count). The Morgan fingerprint density at radius 3 is 1.38 bits per heavy atom. The molecule has 192 valence electrons. The number of rotatable bonds is 16. The van der Waals surface area contributed by atoms with Gasteiger partial charge in [0.2, 0.25) is 0 Å². The van der Waals surface area contributed by atoms with Gasteiger partial charge in [0, 0.05) is 12.2 Å². The van der Waals surface area contributed by atoms with Crippen molar-refractivity contribution in [3.05, 3.63) is 67.3 Å². The summed E-state index contributed by atoms with van der Waals surface area (Å²) in [6.45, 7) is 9.68. The molecule has 0 saturated heterocycles. The van der Waals surface area contributed by atoms with Gasteiger partial charge in [-0.3, -0.25) is 0 Å². The number of unbranched alkanes of at least 4 members (excludes halogenated alkanes) is 14. The molecule has 0 amide bonds. The van der Waals surface area contributed by atoms with Crippen LogP contribution in [0.5, 0.6) is 0 Å². The van der Waals surface area contributed by atoms with E-state index in [0.717, 1.165) is 12.2 Å². The maximum atomic E-state index is 9.92. The molecule has 1 aliphatic rings. The van der Waals surface area contributed by atoms with E-state index in [0.29, 0.717) is 0 Å². The van der Waals surface area contributed by atoms with Crippen LogP contribution >= 0.6 is 0 Å². The molecule has 4 N–H and O–H groups in total. The number of carbonyl (C=O) groups excluding carboxylic acids is 2. The van der Waals surface area contributed by atoms with Crippen molar-refractivity contribution in [1.29, 1.82) is 0 Å². The number of carbonyl (C=O) groups is 2. The predicted molar refractivity (Wildman–Crippen MR) is 148 cm³/mol. The third-order valence-corrected chi connectivity index (χ3v) is 5.35. The summed E-state index contributed by atoms with van der Waals surface area (Å²) in [5.74, 6) is -1.16. The van der Waals surface area contributed by atoms with Crippen LogP contribution in [0, 0.1) is 0 Å². The van der Waals surface area contributed by atoms with Crippen LogP contribution in [0.4, 0.5) is 0 Å². The Morgan fingerprint density at radius 1 is 0.676 bits per heavy atom. The lowest BCUT2D eigenvalue weighted by atomic mass is 10.0. The molecule has 0 fully saturated rings. The number of quaternary nitrogens is 1. The highest BCUT2D eigenvalue weighted by molar-refractivity contribution is 6.04. The minimum Gasteiger partial charge on any atom is -0.387 e. The summed E-state index contributed by atoms with van der Waals surface area (Å²) >= 11 is 0. The van der Waals surface area contributed by atoms with Gasteiger partial charge in [0.25, 0.3) is 0 Å². The highest BCUT2D eigenvalue weighted by atomic mass is 16.6. The van der Waals surface area contributed by atoms with E-state index in [4.69, 9.17) is 0 Å². The van der Waals surface area contributed by atoms with E-state index in [-0.39, 0.29) is 6.15 Å². The lowest BCUT2D eigenvalue weighted by Crippen LogP contribution is -1.96. The summed E-state index contributed by atoms with van der Waals surface area (Å²) in [4.78, 5) is 19.8. The van der Waals surface area contributed by atoms with Crippen molar-refractivity contribution in [3.8, 4) is 0 Å². The zero-order valence-corrected chi connectivity index (χ0v) is 21.9. The highest BCUT2D eigenvalue weighted by Crippen LogP contribution is 2.13. The first kappa shape index (κ1) is 33.7. The number of hydrogen-bond acceptors (Lipinski definition) is 3. The third kappa shape index (κ3) is 24.2. The molecule has 1 heterocycles. The Labute approximate surface area is 209 Å². The third-order valence-electron chi connectivity index (χ3n) is 5.35. The molecule has 0 bridgehead atoms. The molecule has 0 radical (unpaired) electrons. The number of ether oxygens (including phenoxy) is 1. The lowest BCUT2D eigenvalue weighted by Gasteiger charge is -2.02. The van der Waals surface area contributed by atoms with E-state index < -0.39 is 11.9 Å². The second-order valence-corrected chi connectivity index (χ2v) is 8.36. The summed E-state index contributed by atoms with van der Waals surface area (Å²) in [7, 11) is 0. The van der Waals surface area contributed by atoms with Gasteiger partial charge in [-0.15, -0.1) is 6.58 Å². The maximum absolute atomic E-state index is 9.92. The summed E-state index contributed by atoms with van der Waals surface area (Å²) < 4.78 is 3.97. The first-order valence-electron chi connectivity index (χ1n) is 12.9. The van der Waals surface area contributed by atoms with Crippen LogP contribution in [0.3, 0.4) is 0 Å². The van der Waals surface area contributed by atoms with E-state index in [1.165, 1.54) is 102 Å². The van der Waals surface area contributed by atoms with Crippen molar-refractivity contribution in [1.82, 2.24) is 6.15 Å². The molecule has 0 aromatic heterocycles. The maximum Gasteiger partial charge on any atom is 0.338 e. The van der Waals surface area contributed by atoms with Gasteiger partial charge in [-0.05, 0) is 18.4 Å². The van der Waals surface area contributed by atoms with Gasteiger partial charge >= 0.3 is 11.9 Å². The van der Waals surface area contributed by atoms with Crippen molar-refractivity contribution in [2.24, 2.45) is 0 Å². The van der Waals surface area contributed by atoms with Crippen LogP contribution < -0.4 is 6.15 Å². The molecule has 0 aliphatic carbocycles. The van der Waals surface area contributed by atoms with Crippen LogP contribution in [0.25, 0.3) is 6.08 Å². The topological polar surface area (TPSA) is 79.9 Å². The van der Waals surface area contributed by atoms with E-state index in [9.17, 15) is 9.59 Å². The molecule has 0 saturated carbocycles. The van der Waals surface area contributed by atoms with Crippen LogP contribution in [-0.4, -0.2) is 11.9 Å². The number of allylic oxidation sites excluding steroid dienone is 1. The quantitative estimate of drug-likeness (QED) is 0.113. The van der Waals surface area contributed by atoms with E-state index >= 15 is 0 Å². The highest BCUT2D eigenvalue weighted by Gasteiger charge is 2.10. The fourth-order valence-electron chi connectivity index (χ4n) is 3.38. The molecule has 0 unspecified atom stereocenters. The average Bonchev–Trinajstić information content (AvgIpc) is 3.23. The van der Waals surface area contributed by atoms with Crippen molar-refractivity contribution in [2.75, 3.05) is 0 Å². The van der Waals surface area contributed by atoms with E-state index in [2.05, 4.69) is 24.8 Å². The second kappa shape index (κ2) is 26.8. The summed E-state index contributed by atoms with van der Waals surface area (Å²) in [5, 5.41) is 0. The number of hydrogen-bond donors (Lipinski definition) is 1. The predicted octanol–water partition coefficient (Wildman–Crippen LogP) is 9.38. The Bertz CT molecular complexity index is 636. The van der Waals surface area contributed by atoms with Crippen molar-refractivity contribution < 1.29 is 14.3 Å². The Kier molecular flexibility index (Phi) is 26.6. The van der Waals surface area contributed by atoms with E-state index in [1.54, 1.807) is 0 Å². The van der Waals surface area contributed by atoms with Crippen molar-refractivity contribution in [3.63, 3.8) is 0 Å². The Balaban J connectivity index is 0. The molecule has 1 aromatic carbocycles. The smallest absolute Gasteiger partial charge is 0.338 e. The van der Waals surface area contributed by atoms with Gasteiger partial charge < -0.3 is 10.9 Å². The van der Waals surface area contributed by atoms with Crippen LogP contribution in [0.2, 0.25) is 0 Å². The fraction of sp³-hybridized carbons (Fsp3) is 0.533. The SMILES string of the molecule is C=CCCCCCCCCCCCCCCCC.C=Cc1ccccc1.O=C1C=CC(=O)O1.[NH4+]. The minimum atomic E-state index is -0.579. The largest absolute Gasteiger partial charge is 0.387 e. The molecular weight excluding hydrogens is 422 g/mol. The molecular formula is C30H50NO3+. The molecule has 4 heteroatoms. The zero-order valence-electron chi connectivity index (χ0n) is 21.9. The number of cyclic esters (lactones) is 2. The zero-order chi connectivity index (χ0) is 24.4. The van der Waals surface area contributed by atoms with Gasteiger partial charge in [0.1, 0.15) is 0 Å². The van der Waals surface area contributed by atoms with Gasteiger partial charge in [-0.2, -0.15) is 0 Å². The van der Waals surface area contributed by atoms with Gasteiger partial charge in [-0.25, -0.2) is 9.59 Å². The molecule has 0 spiro atoms. The Morgan fingerprint density at radius 2 is 1.09 bits per heavy atom. The van der Waals surface area contributed by atoms with E-state index in [1.807, 2.05) is 42.5 Å². The van der Waals surface area contributed by atoms with Crippen LogP contribution in [-0.2, 0) is 14.3 Å². The van der Waals surface area contributed by atoms with Crippen molar-refractivity contribution >= 4 is 18.0 Å². The van der Waals surface area contributed by atoms with Gasteiger partial charge in [0.05, 0.1) is 0 Å². The normalized spacial score (nSPS) is 11.3. The standard InChI is InChI=1S/C18H36.C8H8.C4H2O3.H3N/c1-3-5-7-9-11-13-15-17-18-16-14-12-10-8-6-4-2;1-2-8-6-4-3-5-7-8;5-3-1-2-4(6)7-3;/h3H,1,4-18H2,2H3;2-7H,1H2;1-2H;1H3/p+1. The first-order valence-corrected chi connectivity index (χ1v) is 12.9. The van der Waals surface area contributed by atoms with Gasteiger partial charge in [0.15, 0.2) is 0 Å². The lowest BCUT2D eigenvalue weighted by molar-refractivity contribution is -0.150. The molecule has 0 atom stereocenters. The number of benzene rings is 1. The Hall–Kier alpha value is -2.46. The summed E-state index contributed by atoms with van der Waals surface area (Å²) in [6, 6.07) is 10.0. The molecule has 1 aliphatic heterocycles. The summed E-state index contributed by atoms with van der Waals surface area (Å²) in [5.41, 5.74) is 1.17. The molecule has 4 nitrogen and oxygen atoms in total.